The Balaban J connectivity index is 0.00000432. The Hall–Kier alpha value is -3.12. The number of alkyl halides is 3. The first-order valence-electron chi connectivity index (χ1n) is 10.5. The van der Waals surface area contributed by atoms with Crippen LogP contribution in [-0.2, 0) is 18.1 Å². The van der Waals surface area contributed by atoms with Crippen molar-refractivity contribution in [2.75, 3.05) is 19.8 Å². The number of aliphatic hydroxyl groups is 1. The molecule has 0 bridgehead atoms. The summed E-state index contributed by atoms with van der Waals surface area (Å²) in [4.78, 5) is 13.1. The molecule has 9 nitrogen and oxygen atoms in total. The van der Waals surface area contributed by atoms with Gasteiger partial charge in [0.1, 0.15) is 24.5 Å². The van der Waals surface area contributed by atoms with Crippen LogP contribution in [0.25, 0.3) is 5.65 Å². The van der Waals surface area contributed by atoms with E-state index in [2.05, 4.69) is 10.2 Å². The molecule has 0 aliphatic heterocycles. The molecule has 2 N–H and O–H groups in total. The standard InChI is InChI=1S/C22H26F3N5O4.ClH/c1-5-33-18-11-16(22(23,24)25)19-28-29(20(26)30(19)27-18)12-17(32)13-8-14(21(2,3)4)10-15(9-13)34-7-6-31;/h8-11,26,31H,5-7,12H2,1-4H3;1H. The molecule has 1 aromatic carbocycles. The third-order valence-electron chi connectivity index (χ3n) is 4.91. The zero-order valence-electron chi connectivity index (χ0n) is 19.6. The number of halogens is 4. The summed E-state index contributed by atoms with van der Waals surface area (Å²) in [6.07, 6.45) is -4.77. The lowest BCUT2D eigenvalue weighted by Crippen LogP contribution is -2.26. The van der Waals surface area contributed by atoms with Crippen LogP contribution in [0.5, 0.6) is 11.6 Å². The van der Waals surface area contributed by atoms with Crippen molar-refractivity contribution >= 4 is 23.8 Å². The number of rotatable bonds is 8. The highest BCUT2D eigenvalue weighted by Gasteiger charge is 2.36. The lowest BCUT2D eigenvalue weighted by Gasteiger charge is -2.21. The Morgan fingerprint density at radius 2 is 1.80 bits per heavy atom. The molecule has 0 spiro atoms. The second-order valence-electron chi connectivity index (χ2n) is 8.53. The predicted octanol–water partition coefficient (Wildman–Crippen LogP) is 3.40. The summed E-state index contributed by atoms with van der Waals surface area (Å²) < 4.78 is 52.9. The molecule has 3 rings (SSSR count). The fourth-order valence-corrected chi connectivity index (χ4v) is 3.20. The van der Waals surface area contributed by atoms with Gasteiger partial charge in [-0.2, -0.15) is 17.7 Å². The average molecular weight is 518 g/mol. The quantitative estimate of drug-likeness (QED) is 0.443. The fourth-order valence-electron chi connectivity index (χ4n) is 3.20. The first kappa shape index (κ1) is 28.1. The van der Waals surface area contributed by atoms with E-state index in [9.17, 15) is 18.0 Å². The van der Waals surface area contributed by atoms with E-state index in [1.807, 2.05) is 20.8 Å². The van der Waals surface area contributed by atoms with Gasteiger partial charge in [-0.05, 0) is 36.1 Å². The van der Waals surface area contributed by atoms with Gasteiger partial charge in [0.25, 0.3) is 0 Å². The number of carbonyl (C=O) groups is 1. The summed E-state index contributed by atoms with van der Waals surface area (Å²) in [6.45, 7) is 6.87. The molecule has 0 radical (unpaired) electrons. The molecular weight excluding hydrogens is 491 g/mol. The highest BCUT2D eigenvalue weighted by atomic mass is 35.5. The minimum atomic E-state index is -4.77. The zero-order valence-corrected chi connectivity index (χ0v) is 20.5. The number of ketones is 1. The third kappa shape index (κ3) is 6.31. The topological polar surface area (TPSA) is 115 Å². The van der Waals surface area contributed by atoms with Crippen LogP contribution in [0, 0.1) is 5.41 Å². The highest BCUT2D eigenvalue weighted by Crippen LogP contribution is 2.33. The highest BCUT2D eigenvalue weighted by molar-refractivity contribution is 5.96. The van der Waals surface area contributed by atoms with Gasteiger partial charge < -0.3 is 14.6 Å². The smallest absolute Gasteiger partial charge is 0.420 e. The van der Waals surface area contributed by atoms with Crippen molar-refractivity contribution in [3.8, 4) is 11.6 Å². The average Bonchev–Trinajstić information content (AvgIpc) is 3.05. The Bertz CT molecular complexity index is 1260. The molecule has 35 heavy (non-hydrogen) atoms. The van der Waals surface area contributed by atoms with Crippen molar-refractivity contribution in [1.29, 1.82) is 5.41 Å². The van der Waals surface area contributed by atoms with Crippen molar-refractivity contribution in [2.45, 2.75) is 45.8 Å². The van der Waals surface area contributed by atoms with Gasteiger partial charge in [-0.15, -0.1) is 22.6 Å². The molecule has 2 aromatic heterocycles. The maximum Gasteiger partial charge on any atom is 0.420 e. The van der Waals surface area contributed by atoms with E-state index in [0.717, 1.165) is 16.3 Å². The van der Waals surface area contributed by atoms with Crippen LogP contribution in [0.3, 0.4) is 0 Å². The van der Waals surface area contributed by atoms with Crippen molar-refractivity contribution in [3.63, 3.8) is 0 Å². The van der Waals surface area contributed by atoms with Crippen LogP contribution in [0.15, 0.2) is 24.3 Å². The number of nitrogens with zero attached hydrogens (tertiary/aromatic N) is 4. The number of nitrogens with one attached hydrogen (secondary N) is 1. The minimum absolute atomic E-state index is 0. The summed E-state index contributed by atoms with van der Waals surface area (Å²) in [5.74, 6) is -0.422. The first-order chi connectivity index (χ1) is 15.8. The van der Waals surface area contributed by atoms with E-state index >= 15 is 0 Å². The van der Waals surface area contributed by atoms with E-state index in [-0.39, 0.29) is 49.1 Å². The number of fused-ring (bicyclic) bond motifs is 1. The van der Waals surface area contributed by atoms with Gasteiger partial charge in [0.05, 0.1) is 13.2 Å². The maximum atomic E-state index is 13.6. The molecule has 0 aliphatic carbocycles. The Kier molecular flexibility index (Phi) is 8.56. The van der Waals surface area contributed by atoms with E-state index in [1.165, 1.54) is 6.07 Å². The van der Waals surface area contributed by atoms with Crippen molar-refractivity contribution in [1.82, 2.24) is 19.4 Å². The zero-order chi connectivity index (χ0) is 25.3. The molecule has 0 saturated heterocycles. The van der Waals surface area contributed by atoms with Gasteiger partial charge in [-0.25, -0.2) is 4.68 Å². The third-order valence-corrected chi connectivity index (χ3v) is 4.91. The van der Waals surface area contributed by atoms with Gasteiger partial charge in [-0.1, -0.05) is 20.8 Å². The first-order valence-corrected chi connectivity index (χ1v) is 10.5. The molecule has 0 unspecified atom stereocenters. The van der Waals surface area contributed by atoms with Gasteiger partial charge in [-0.3, -0.25) is 10.2 Å². The van der Waals surface area contributed by atoms with Gasteiger partial charge in [0, 0.05) is 11.6 Å². The molecule has 0 aliphatic rings. The predicted molar refractivity (Wildman–Crippen MR) is 122 cm³/mol. The van der Waals surface area contributed by atoms with Crippen LogP contribution < -0.4 is 15.1 Å². The Morgan fingerprint density at radius 1 is 1.11 bits per heavy atom. The molecule has 2 heterocycles. The molecule has 0 amide bonds. The number of aliphatic hydroxyl groups excluding tert-OH is 1. The van der Waals surface area contributed by atoms with E-state index in [1.54, 1.807) is 19.1 Å². The molecular formula is C22H27ClF3N5O4. The summed E-state index contributed by atoms with van der Waals surface area (Å²) in [5.41, 5.74) is -1.54. The number of ether oxygens (including phenoxy) is 2. The second-order valence-corrected chi connectivity index (χ2v) is 8.53. The van der Waals surface area contributed by atoms with Crippen LogP contribution in [-0.4, -0.2) is 50.1 Å². The van der Waals surface area contributed by atoms with E-state index < -0.39 is 35.3 Å². The molecule has 0 atom stereocenters. The van der Waals surface area contributed by atoms with Crippen LogP contribution >= 0.6 is 12.4 Å². The normalized spacial score (nSPS) is 11.9. The minimum Gasteiger partial charge on any atom is -0.491 e. The van der Waals surface area contributed by atoms with Crippen molar-refractivity contribution < 1.29 is 32.5 Å². The van der Waals surface area contributed by atoms with Crippen LogP contribution in [0.1, 0.15) is 49.2 Å². The number of benzene rings is 1. The summed E-state index contributed by atoms with van der Waals surface area (Å²) in [5, 5.41) is 25.1. The number of hydrogen-bond acceptors (Lipinski definition) is 7. The molecule has 3 aromatic rings. The second kappa shape index (κ2) is 10.6. The maximum absolute atomic E-state index is 13.6. The summed E-state index contributed by atoms with van der Waals surface area (Å²) in [7, 11) is 0. The monoisotopic (exact) mass is 517 g/mol. The van der Waals surface area contributed by atoms with Crippen LogP contribution in [0.2, 0.25) is 0 Å². The van der Waals surface area contributed by atoms with Gasteiger partial charge >= 0.3 is 6.18 Å². The van der Waals surface area contributed by atoms with Crippen molar-refractivity contribution in [2.24, 2.45) is 0 Å². The van der Waals surface area contributed by atoms with Gasteiger partial charge in [0.15, 0.2) is 11.4 Å². The largest absolute Gasteiger partial charge is 0.491 e. The molecule has 0 fully saturated rings. The fraction of sp³-hybridized carbons (Fsp3) is 0.455. The van der Waals surface area contributed by atoms with Crippen LogP contribution in [0.4, 0.5) is 13.2 Å². The number of Topliss-reactive ketones (excluding diaryl/α,β-unsaturated/α-hetero) is 1. The van der Waals surface area contributed by atoms with E-state index in [0.29, 0.717) is 10.3 Å². The number of hydrogen-bond donors (Lipinski definition) is 2. The summed E-state index contributed by atoms with van der Waals surface area (Å²) >= 11 is 0. The van der Waals surface area contributed by atoms with Gasteiger partial charge in [0.2, 0.25) is 11.5 Å². The SMILES string of the molecule is CCOc1cc(C(F)(F)F)c2nn(CC(=O)c3cc(OCCO)cc(C(C)(C)C)c3)c(=N)n2n1.Cl. The summed E-state index contributed by atoms with van der Waals surface area (Å²) in [6, 6.07) is 5.63. The van der Waals surface area contributed by atoms with Crippen molar-refractivity contribution in [3.05, 3.63) is 46.6 Å². The number of aromatic nitrogens is 4. The lowest BCUT2D eigenvalue weighted by molar-refractivity contribution is -0.136. The van der Waals surface area contributed by atoms with E-state index in [4.69, 9.17) is 20.0 Å². The Morgan fingerprint density at radius 3 is 2.37 bits per heavy atom. The molecule has 0 saturated carbocycles. The Labute approximate surface area is 205 Å². The molecule has 192 valence electrons. The number of carbonyl (C=O) groups excluding carboxylic acids is 1. The lowest BCUT2D eigenvalue weighted by atomic mass is 9.85. The molecule has 13 heteroatoms.